The summed E-state index contributed by atoms with van der Waals surface area (Å²) in [6, 6.07) is 3.62. The molecular formula is C17H19N7O3. The highest BCUT2D eigenvalue weighted by molar-refractivity contribution is 5.75. The monoisotopic (exact) mass is 369 g/mol. The van der Waals surface area contributed by atoms with E-state index in [1.165, 1.54) is 0 Å². The Kier molecular flexibility index (Phi) is 4.19. The molecule has 10 nitrogen and oxygen atoms in total. The summed E-state index contributed by atoms with van der Waals surface area (Å²) in [5.41, 5.74) is 11.1. The van der Waals surface area contributed by atoms with E-state index in [4.69, 9.17) is 10.3 Å². The van der Waals surface area contributed by atoms with Gasteiger partial charge >= 0.3 is 5.97 Å². The van der Waals surface area contributed by atoms with E-state index >= 15 is 0 Å². The van der Waals surface area contributed by atoms with Crippen molar-refractivity contribution in [3.05, 3.63) is 34.0 Å². The van der Waals surface area contributed by atoms with Crippen LogP contribution in [0.1, 0.15) is 24.2 Å². The van der Waals surface area contributed by atoms with Crippen molar-refractivity contribution in [3.8, 4) is 17.1 Å². The number of aromatic nitrogens is 4. The van der Waals surface area contributed by atoms with Gasteiger partial charge in [0.15, 0.2) is 0 Å². The quantitative estimate of drug-likeness (QED) is 0.471. The second-order valence-electron chi connectivity index (χ2n) is 7.02. The number of hydrogen-bond donors (Lipinski definition) is 1. The number of azide groups is 1. The second-order valence-corrected chi connectivity index (χ2v) is 7.02. The van der Waals surface area contributed by atoms with Crippen LogP contribution in [-0.4, -0.2) is 37.2 Å². The molecule has 27 heavy (non-hydrogen) atoms. The SMILES string of the molecule is Cc1nc(-c2nnn(C)c2CN=[N+]=[N-])ccc1OC1CCC2C(C(=O)O)C12. The number of carboxylic acids is 1. The van der Waals surface area contributed by atoms with Crippen LogP contribution in [0.25, 0.3) is 21.8 Å². The lowest BCUT2D eigenvalue weighted by Gasteiger charge is -2.18. The molecule has 2 aliphatic carbocycles. The Balaban J connectivity index is 1.54. The van der Waals surface area contributed by atoms with E-state index in [-0.39, 0.29) is 30.4 Å². The number of hydrogen-bond acceptors (Lipinski definition) is 6. The van der Waals surface area contributed by atoms with E-state index in [0.29, 0.717) is 28.5 Å². The van der Waals surface area contributed by atoms with Crippen molar-refractivity contribution in [3.63, 3.8) is 0 Å². The zero-order valence-electron chi connectivity index (χ0n) is 15.0. The first-order valence-corrected chi connectivity index (χ1v) is 8.78. The fourth-order valence-corrected chi connectivity index (χ4v) is 4.13. The Hall–Kier alpha value is -3.13. The first-order valence-electron chi connectivity index (χ1n) is 8.78. The van der Waals surface area contributed by atoms with E-state index < -0.39 is 5.97 Å². The first kappa shape index (κ1) is 17.3. The van der Waals surface area contributed by atoms with Crippen molar-refractivity contribution in [1.29, 1.82) is 0 Å². The zero-order valence-corrected chi connectivity index (χ0v) is 15.0. The topological polar surface area (TPSA) is 139 Å². The molecule has 2 fully saturated rings. The molecule has 0 bridgehead atoms. The van der Waals surface area contributed by atoms with Crippen LogP contribution in [0.2, 0.25) is 0 Å². The van der Waals surface area contributed by atoms with Gasteiger partial charge in [-0.25, -0.2) is 4.98 Å². The summed E-state index contributed by atoms with van der Waals surface area (Å²) in [7, 11) is 1.73. The molecule has 1 N–H and O–H groups in total. The molecule has 10 heteroatoms. The minimum absolute atomic E-state index is 0.0699. The highest BCUT2D eigenvalue weighted by atomic mass is 16.5. The van der Waals surface area contributed by atoms with Gasteiger partial charge in [-0.2, -0.15) is 0 Å². The summed E-state index contributed by atoms with van der Waals surface area (Å²) in [4.78, 5) is 18.6. The minimum Gasteiger partial charge on any atom is -0.488 e. The van der Waals surface area contributed by atoms with Gasteiger partial charge < -0.3 is 9.84 Å². The summed E-state index contributed by atoms with van der Waals surface area (Å²) in [6.45, 7) is 1.98. The predicted molar refractivity (Wildman–Crippen MR) is 93.6 cm³/mol. The normalized spacial score (nSPS) is 25.6. The second kappa shape index (κ2) is 6.55. The van der Waals surface area contributed by atoms with Crippen LogP contribution in [0.15, 0.2) is 17.2 Å². The lowest BCUT2D eigenvalue weighted by molar-refractivity contribution is -0.139. The fraction of sp³-hybridized carbons (Fsp3) is 0.529. The Morgan fingerprint density at radius 1 is 1.48 bits per heavy atom. The number of pyridine rings is 1. The molecule has 2 aromatic rings. The third-order valence-electron chi connectivity index (χ3n) is 5.51. The molecule has 140 valence electrons. The molecule has 2 aliphatic rings. The molecule has 4 rings (SSSR count). The predicted octanol–water partition coefficient (Wildman–Crippen LogP) is 2.48. The van der Waals surface area contributed by atoms with Gasteiger partial charge in [0.1, 0.15) is 17.5 Å². The third kappa shape index (κ3) is 2.97. The van der Waals surface area contributed by atoms with Crippen molar-refractivity contribution in [1.82, 2.24) is 20.0 Å². The summed E-state index contributed by atoms with van der Waals surface area (Å²) in [6.07, 6.45) is 1.71. The molecule has 0 amide bonds. The average molecular weight is 369 g/mol. The minimum atomic E-state index is -0.723. The smallest absolute Gasteiger partial charge is 0.307 e. The number of aryl methyl sites for hydroxylation is 2. The lowest BCUT2D eigenvalue weighted by Crippen LogP contribution is -2.20. The highest BCUT2D eigenvalue weighted by Crippen LogP contribution is 2.58. The van der Waals surface area contributed by atoms with Crippen molar-refractivity contribution in [2.45, 2.75) is 32.4 Å². The summed E-state index contributed by atoms with van der Waals surface area (Å²) in [5, 5.41) is 20.9. The number of aliphatic carboxylic acids is 1. The molecule has 2 heterocycles. The van der Waals surface area contributed by atoms with E-state index in [1.807, 2.05) is 13.0 Å². The largest absolute Gasteiger partial charge is 0.488 e. The average Bonchev–Trinajstić information content (AvgIpc) is 3.06. The van der Waals surface area contributed by atoms with Crippen LogP contribution in [0.4, 0.5) is 0 Å². The fourth-order valence-electron chi connectivity index (χ4n) is 4.13. The Morgan fingerprint density at radius 3 is 2.96 bits per heavy atom. The van der Waals surface area contributed by atoms with Gasteiger partial charge in [-0.15, -0.1) is 5.10 Å². The van der Waals surface area contributed by atoms with Crippen LogP contribution < -0.4 is 4.74 Å². The summed E-state index contributed by atoms with van der Waals surface area (Å²) in [5.74, 6) is 0.0265. The van der Waals surface area contributed by atoms with Crippen LogP contribution in [0, 0.1) is 24.7 Å². The van der Waals surface area contributed by atoms with Gasteiger partial charge in [-0.05, 0) is 43.3 Å². The van der Waals surface area contributed by atoms with Gasteiger partial charge in [0.05, 0.1) is 29.5 Å². The molecule has 4 unspecified atom stereocenters. The maximum absolute atomic E-state index is 11.2. The van der Waals surface area contributed by atoms with Crippen LogP contribution >= 0.6 is 0 Å². The van der Waals surface area contributed by atoms with Gasteiger partial charge in [-0.3, -0.25) is 9.48 Å². The van der Waals surface area contributed by atoms with E-state index in [9.17, 15) is 9.90 Å². The number of carbonyl (C=O) groups is 1. The van der Waals surface area contributed by atoms with E-state index in [0.717, 1.165) is 12.8 Å². The number of fused-ring (bicyclic) bond motifs is 1. The van der Waals surface area contributed by atoms with Crippen LogP contribution in [0.5, 0.6) is 5.75 Å². The van der Waals surface area contributed by atoms with Crippen molar-refractivity contribution >= 4 is 5.97 Å². The molecule has 0 spiro atoms. The molecule has 0 saturated heterocycles. The van der Waals surface area contributed by atoms with Crippen LogP contribution in [-0.2, 0) is 18.4 Å². The summed E-state index contributed by atoms with van der Waals surface area (Å²) < 4.78 is 7.66. The molecule has 0 aromatic carbocycles. The lowest BCUT2D eigenvalue weighted by atomic mass is 10.1. The van der Waals surface area contributed by atoms with Crippen molar-refractivity contribution in [2.75, 3.05) is 0 Å². The maximum Gasteiger partial charge on any atom is 0.307 e. The molecule has 2 aromatic heterocycles. The number of carboxylic acid groups (broad SMARTS) is 1. The Morgan fingerprint density at radius 2 is 2.30 bits per heavy atom. The third-order valence-corrected chi connectivity index (χ3v) is 5.51. The van der Waals surface area contributed by atoms with Gasteiger partial charge in [0.2, 0.25) is 0 Å². The van der Waals surface area contributed by atoms with Crippen molar-refractivity contribution < 1.29 is 14.6 Å². The number of ether oxygens (including phenoxy) is 1. The van der Waals surface area contributed by atoms with Crippen molar-refractivity contribution in [2.24, 2.45) is 29.9 Å². The molecule has 4 atom stereocenters. The summed E-state index contributed by atoms with van der Waals surface area (Å²) >= 11 is 0. The Labute approximate surface area is 154 Å². The molecule has 0 aliphatic heterocycles. The van der Waals surface area contributed by atoms with Gasteiger partial charge in [0.25, 0.3) is 0 Å². The van der Waals surface area contributed by atoms with E-state index in [1.54, 1.807) is 17.8 Å². The molecular weight excluding hydrogens is 350 g/mol. The Bertz CT molecular complexity index is 950. The zero-order chi connectivity index (χ0) is 19.1. The first-order chi connectivity index (χ1) is 13.0. The standard InChI is InChI=1S/C17H19N7O3/c1-8-12(27-13-5-3-9-14(13)15(9)17(25)26)6-4-10(20-8)16-11(7-19-22-18)24(2)23-21-16/h4,6,9,13-15H,3,5,7H2,1-2H3,(H,25,26). The number of nitrogens with zero attached hydrogens (tertiary/aromatic N) is 7. The van der Waals surface area contributed by atoms with Crippen LogP contribution in [0.3, 0.4) is 0 Å². The molecule has 0 radical (unpaired) electrons. The number of rotatable bonds is 6. The van der Waals surface area contributed by atoms with Gasteiger partial charge in [0, 0.05) is 17.9 Å². The van der Waals surface area contributed by atoms with Gasteiger partial charge in [-0.1, -0.05) is 10.3 Å². The highest BCUT2D eigenvalue weighted by Gasteiger charge is 2.63. The molecule has 2 saturated carbocycles. The van der Waals surface area contributed by atoms with E-state index in [2.05, 4.69) is 25.3 Å². The maximum atomic E-state index is 11.2.